The van der Waals surface area contributed by atoms with Crippen molar-refractivity contribution in [2.75, 3.05) is 13.2 Å². The molecule has 1 aliphatic heterocycles. The average molecular weight is 241 g/mol. The summed E-state index contributed by atoms with van der Waals surface area (Å²) < 4.78 is 5.55. The van der Waals surface area contributed by atoms with Crippen molar-refractivity contribution in [2.24, 2.45) is 0 Å². The summed E-state index contributed by atoms with van der Waals surface area (Å²) in [4.78, 5) is 0. The van der Waals surface area contributed by atoms with Crippen LogP contribution in [0.3, 0.4) is 0 Å². The Balaban J connectivity index is 1.83. The molecule has 1 aliphatic rings. The first-order valence-corrected chi connectivity index (χ1v) is 7.66. The fourth-order valence-electron chi connectivity index (χ4n) is 2.58. The molecular formula is C15H31NO. The van der Waals surface area contributed by atoms with Crippen LogP contribution in [0.15, 0.2) is 0 Å². The second kappa shape index (κ2) is 9.90. The number of morpholine rings is 1. The normalized spacial score (nSPS) is 25.1. The number of unbranched alkanes of at least 4 members (excludes halogenated alkanes) is 7. The van der Waals surface area contributed by atoms with Gasteiger partial charge in [0.05, 0.1) is 13.2 Å². The van der Waals surface area contributed by atoms with Crippen molar-refractivity contribution >= 4 is 0 Å². The van der Waals surface area contributed by atoms with Crippen molar-refractivity contribution in [1.29, 1.82) is 0 Å². The average Bonchev–Trinajstić information content (AvgIpc) is 2.33. The maximum absolute atomic E-state index is 5.55. The molecule has 0 amide bonds. The van der Waals surface area contributed by atoms with Crippen LogP contribution in [-0.4, -0.2) is 25.3 Å². The molecule has 102 valence electrons. The van der Waals surface area contributed by atoms with Crippen molar-refractivity contribution in [2.45, 2.75) is 83.7 Å². The van der Waals surface area contributed by atoms with E-state index in [0.717, 1.165) is 13.2 Å². The van der Waals surface area contributed by atoms with Crippen molar-refractivity contribution in [3.8, 4) is 0 Å². The summed E-state index contributed by atoms with van der Waals surface area (Å²) in [6.45, 7) is 6.29. The molecule has 1 saturated heterocycles. The Hall–Kier alpha value is -0.0800. The first kappa shape index (κ1) is 15.0. The molecule has 1 rings (SSSR count). The number of hydrogen-bond donors (Lipinski definition) is 1. The molecule has 2 atom stereocenters. The van der Waals surface area contributed by atoms with Crippen molar-refractivity contribution in [3.63, 3.8) is 0 Å². The molecule has 0 aromatic heterocycles. The third-order valence-corrected chi connectivity index (χ3v) is 3.61. The molecular weight excluding hydrogens is 210 g/mol. The lowest BCUT2D eigenvalue weighted by Crippen LogP contribution is -2.47. The number of rotatable bonds is 9. The molecule has 1 fully saturated rings. The van der Waals surface area contributed by atoms with Crippen LogP contribution in [-0.2, 0) is 4.74 Å². The SMILES string of the molecule is CCCCCCCCCC[C@@H]1COC[C@H](C)N1. The summed E-state index contributed by atoms with van der Waals surface area (Å²) in [7, 11) is 0. The van der Waals surface area contributed by atoms with Crippen LogP contribution < -0.4 is 5.32 Å². The minimum absolute atomic E-state index is 0.544. The fraction of sp³-hybridized carbons (Fsp3) is 1.00. The van der Waals surface area contributed by atoms with E-state index in [1.54, 1.807) is 0 Å². The molecule has 0 bridgehead atoms. The van der Waals surface area contributed by atoms with E-state index in [-0.39, 0.29) is 0 Å². The van der Waals surface area contributed by atoms with Crippen LogP contribution in [0.5, 0.6) is 0 Å². The Kier molecular flexibility index (Phi) is 8.72. The Morgan fingerprint density at radius 1 is 0.941 bits per heavy atom. The minimum Gasteiger partial charge on any atom is -0.378 e. The zero-order valence-electron chi connectivity index (χ0n) is 11.8. The van der Waals surface area contributed by atoms with E-state index in [4.69, 9.17) is 4.74 Å². The topological polar surface area (TPSA) is 21.3 Å². The molecule has 0 spiro atoms. The van der Waals surface area contributed by atoms with Gasteiger partial charge in [-0.1, -0.05) is 58.3 Å². The predicted molar refractivity (Wildman–Crippen MR) is 74.4 cm³/mol. The van der Waals surface area contributed by atoms with E-state index in [1.807, 2.05) is 0 Å². The molecule has 2 nitrogen and oxygen atoms in total. The maximum Gasteiger partial charge on any atom is 0.0620 e. The van der Waals surface area contributed by atoms with Gasteiger partial charge in [-0.15, -0.1) is 0 Å². The first-order valence-electron chi connectivity index (χ1n) is 7.66. The highest BCUT2D eigenvalue weighted by Crippen LogP contribution is 2.12. The third-order valence-electron chi connectivity index (χ3n) is 3.61. The Morgan fingerprint density at radius 2 is 1.59 bits per heavy atom. The minimum atomic E-state index is 0.544. The quantitative estimate of drug-likeness (QED) is 0.618. The van der Waals surface area contributed by atoms with Gasteiger partial charge in [0.15, 0.2) is 0 Å². The molecule has 17 heavy (non-hydrogen) atoms. The largest absolute Gasteiger partial charge is 0.378 e. The number of nitrogens with one attached hydrogen (secondary N) is 1. The van der Waals surface area contributed by atoms with Crippen LogP contribution in [0, 0.1) is 0 Å². The van der Waals surface area contributed by atoms with E-state index in [2.05, 4.69) is 19.2 Å². The number of hydrogen-bond acceptors (Lipinski definition) is 2. The number of ether oxygens (including phenoxy) is 1. The van der Waals surface area contributed by atoms with E-state index < -0.39 is 0 Å². The monoisotopic (exact) mass is 241 g/mol. The smallest absolute Gasteiger partial charge is 0.0620 e. The lowest BCUT2D eigenvalue weighted by Gasteiger charge is -2.28. The van der Waals surface area contributed by atoms with Crippen LogP contribution in [0.1, 0.15) is 71.6 Å². The zero-order valence-corrected chi connectivity index (χ0v) is 11.8. The lowest BCUT2D eigenvalue weighted by atomic mass is 10.0. The maximum atomic E-state index is 5.55. The molecule has 1 heterocycles. The Bertz CT molecular complexity index is 172. The van der Waals surface area contributed by atoms with Gasteiger partial charge in [-0.3, -0.25) is 0 Å². The van der Waals surface area contributed by atoms with Crippen molar-refractivity contribution in [3.05, 3.63) is 0 Å². The van der Waals surface area contributed by atoms with E-state index >= 15 is 0 Å². The van der Waals surface area contributed by atoms with Gasteiger partial charge in [0.25, 0.3) is 0 Å². The summed E-state index contributed by atoms with van der Waals surface area (Å²) in [5.41, 5.74) is 0. The van der Waals surface area contributed by atoms with Gasteiger partial charge >= 0.3 is 0 Å². The van der Waals surface area contributed by atoms with Crippen LogP contribution >= 0.6 is 0 Å². The molecule has 0 saturated carbocycles. The van der Waals surface area contributed by atoms with Crippen LogP contribution in [0.4, 0.5) is 0 Å². The second-order valence-corrected chi connectivity index (χ2v) is 5.57. The first-order chi connectivity index (χ1) is 8.33. The summed E-state index contributed by atoms with van der Waals surface area (Å²) in [6.07, 6.45) is 12.6. The van der Waals surface area contributed by atoms with Crippen molar-refractivity contribution < 1.29 is 4.74 Å². The molecule has 1 N–H and O–H groups in total. The Morgan fingerprint density at radius 3 is 2.24 bits per heavy atom. The molecule has 2 heteroatoms. The van der Waals surface area contributed by atoms with Gasteiger partial charge in [-0.25, -0.2) is 0 Å². The summed E-state index contributed by atoms with van der Waals surface area (Å²) in [5, 5.41) is 3.61. The van der Waals surface area contributed by atoms with Crippen molar-refractivity contribution in [1.82, 2.24) is 5.32 Å². The molecule has 0 unspecified atom stereocenters. The third kappa shape index (κ3) is 7.77. The molecule has 0 aliphatic carbocycles. The van der Waals surface area contributed by atoms with Gasteiger partial charge < -0.3 is 10.1 Å². The summed E-state index contributed by atoms with van der Waals surface area (Å²) >= 11 is 0. The van der Waals surface area contributed by atoms with Crippen LogP contribution in [0.25, 0.3) is 0 Å². The highest BCUT2D eigenvalue weighted by Gasteiger charge is 2.17. The van der Waals surface area contributed by atoms with Gasteiger partial charge in [0.2, 0.25) is 0 Å². The molecule has 0 aromatic carbocycles. The van der Waals surface area contributed by atoms with Gasteiger partial charge in [-0.2, -0.15) is 0 Å². The fourth-order valence-corrected chi connectivity index (χ4v) is 2.58. The highest BCUT2D eigenvalue weighted by atomic mass is 16.5. The van der Waals surface area contributed by atoms with Gasteiger partial charge in [0.1, 0.15) is 0 Å². The summed E-state index contributed by atoms with van der Waals surface area (Å²) in [5.74, 6) is 0. The van der Waals surface area contributed by atoms with Crippen LogP contribution in [0.2, 0.25) is 0 Å². The lowest BCUT2D eigenvalue weighted by molar-refractivity contribution is 0.0474. The van der Waals surface area contributed by atoms with Gasteiger partial charge in [-0.05, 0) is 13.3 Å². The van der Waals surface area contributed by atoms with E-state index in [0.29, 0.717) is 12.1 Å². The zero-order chi connectivity index (χ0) is 12.3. The molecule has 0 radical (unpaired) electrons. The predicted octanol–water partition coefficient (Wildman–Crippen LogP) is 3.89. The second-order valence-electron chi connectivity index (χ2n) is 5.57. The highest BCUT2D eigenvalue weighted by molar-refractivity contribution is 4.75. The van der Waals surface area contributed by atoms with Gasteiger partial charge in [0, 0.05) is 12.1 Å². The molecule has 0 aromatic rings. The summed E-state index contributed by atoms with van der Waals surface area (Å²) in [6, 6.07) is 1.15. The van der Waals surface area contributed by atoms with E-state index in [1.165, 1.54) is 57.8 Å². The standard InChI is InChI=1S/C15H31NO/c1-3-4-5-6-7-8-9-10-11-15-13-17-12-14(2)16-15/h14-16H,3-13H2,1-2H3/t14-,15+/m0/s1. The van der Waals surface area contributed by atoms with E-state index in [9.17, 15) is 0 Å². The Labute approximate surface area is 108 Å².